The van der Waals surface area contributed by atoms with Gasteiger partial charge in [-0.3, -0.25) is 14.7 Å². The maximum Gasteiger partial charge on any atom is 0.223 e. The SMILES string of the molecule is CN=C(NCCCC(=O)N1Cc2ccccc2C1)NCC(c1ccco1)N1CCCCC1.I. The van der Waals surface area contributed by atoms with Crippen LogP contribution < -0.4 is 10.6 Å². The first-order chi connectivity index (χ1) is 15.7. The molecule has 1 aromatic carbocycles. The molecule has 2 aliphatic heterocycles. The Hall–Kier alpha value is -2.07. The highest BCUT2D eigenvalue weighted by atomic mass is 127. The normalized spacial score (nSPS) is 17.2. The lowest BCUT2D eigenvalue weighted by Crippen LogP contribution is -2.44. The number of furan rings is 1. The lowest BCUT2D eigenvalue weighted by molar-refractivity contribution is -0.131. The lowest BCUT2D eigenvalue weighted by Gasteiger charge is -2.33. The standard InChI is InChI=1S/C25H35N5O2.HI/c1-26-25(28-17-22(23-11-8-16-32-23)29-14-5-2-6-15-29)27-13-7-12-24(31)30-18-20-9-3-4-10-21(20)19-30;/h3-4,8-11,16,22H,2,5-7,12-15,17-19H2,1H3,(H2,26,27,28);1H. The molecule has 7 nitrogen and oxygen atoms in total. The number of hydrogen-bond acceptors (Lipinski definition) is 4. The molecular weight excluding hydrogens is 529 g/mol. The zero-order chi connectivity index (χ0) is 22.2. The Balaban J connectivity index is 0.00000306. The van der Waals surface area contributed by atoms with Gasteiger partial charge in [-0.25, -0.2) is 0 Å². The third-order valence-electron chi connectivity index (χ3n) is 6.44. The van der Waals surface area contributed by atoms with Crippen molar-refractivity contribution in [3.8, 4) is 0 Å². The van der Waals surface area contributed by atoms with E-state index >= 15 is 0 Å². The van der Waals surface area contributed by atoms with Gasteiger partial charge in [-0.15, -0.1) is 24.0 Å². The fourth-order valence-corrected chi connectivity index (χ4v) is 4.65. The van der Waals surface area contributed by atoms with Crippen molar-refractivity contribution in [3.63, 3.8) is 0 Å². The summed E-state index contributed by atoms with van der Waals surface area (Å²) in [5.41, 5.74) is 2.53. The fourth-order valence-electron chi connectivity index (χ4n) is 4.65. The van der Waals surface area contributed by atoms with Gasteiger partial charge in [-0.1, -0.05) is 30.7 Å². The van der Waals surface area contributed by atoms with E-state index in [1.54, 1.807) is 13.3 Å². The second-order valence-corrected chi connectivity index (χ2v) is 8.63. The van der Waals surface area contributed by atoms with Gasteiger partial charge < -0.3 is 20.0 Å². The molecule has 0 saturated carbocycles. The minimum atomic E-state index is 0. The number of likely N-dealkylation sites (tertiary alicyclic amines) is 1. The number of hydrogen-bond donors (Lipinski definition) is 2. The number of aliphatic imine (C=N–C) groups is 1. The Labute approximate surface area is 214 Å². The molecule has 0 spiro atoms. The quantitative estimate of drug-likeness (QED) is 0.220. The molecule has 0 radical (unpaired) electrons. The van der Waals surface area contributed by atoms with Gasteiger partial charge in [0.05, 0.1) is 12.3 Å². The van der Waals surface area contributed by atoms with Crippen LogP contribution in [0.25, 0.3) is 0 Å². The van der Waals surface area contributed by atoms with E-state index in [-0.39, 0.29) is 35.9 Å². The van der Waals surface area contributed by atoms with Gasteiger partial charge in [0.15, 0.2) is 5.96 Å². The largest absolute Gasteiger partial charge is 0.468 e. The topological polar surface area (TPSA) is 73.1 Å². The minimum absolute atomic E-state index is 0. The van der Waals surface area contributed by atoms with Crippen LogP contribution in [-0.2, 0) is 17.9 Å². The summed E-state index contributed by atoms with van der Waals surface area (Å²) in [5, 5.41) is 6.81. The molecule has 180 valence electrons. The Morgan fingerprint density at radius 2 is 1.79 bits per heavy atom. The summed E-state index contributed by atoms with van der Waals surface area (Å²) < 4.78 is 5.73. The summed E-state index contributed by atoms with van der Waals surface area (Å²) in [5.74, 6) is 1.97. The zero-order valence-corrected chi connectivity index (χ0v) is 21.8. The van der Waals surface area contributed by atoms with Crippen molar-refractivity contribution in [1.82, 2.24) is 20.4 Å². The molecule has 1 atom stereocenters. The summed E-state index contributed by atoms with van der Waals surface area (Å²) in [6.07, 6.45) is 6.84. The van der Waals surface area contributed by atoms with Crippen molar-refractivity contribution < 1.29 is 9.21 Å². The summed E-state index contributed by atoms with van der Waals surface area (Å²) in [7, 11) is 1.78. The number of rotatable bonds is 8. The molecule has 0 bridgehead atoms. The minimum Gasteiger partial charge on any atom is -0.468 e. The molecule has 1 aromatic heterocycles. The first-order valence-corrected chi connectivity index (χ1v) is 11.8. The van der Waals surface area contributed by atoms with Crippen LogP contribution in [0, 0.1) is 0 Å². The maximum absolute atomic E-state index is 12.6. The van der Waals surface area contributed by atoms with Crippen LogP contribution >= 0.6 is 24.0 Å². The highest BCUT2D eigenvalue weighted by Crippen LogP contribution is 2.25. The number of benzene rings is 1. The number of piperidine rings is 1. The molecule has 8 heteroatoms. The van der Waals surface area contributed by atoms with E-state index in [1.165, 1.54) is 30.4 Å². The highest BCUT2D eigenvalue weighted by molar-refractivity contribution is 14.0. The number of halogens is 1. The van der Waals surface area contributed by atoms with Crippen LogP contribution in [0.4, 0.5) is 0 Å². The number of amides is 1. The maximum atomic E-state index is 12.6. The molecule has 4 rings (SSSR count). The molecule has 1 fully saturated rings. The van der Waals surface area contributed by atoms with E-state index in [1.807, 2.05) is 23.1 Å². The van der Waals surface area contributed by atoms with Crippen LogP contribution in [-0.4, -0.2) is 54.9 Å². The average molecular weight is 566 g/mol. The van der Waals surface area contributed by atoms with E-state index in [0.29, 0.717) is 13.0 Å². The van der Waals surface area contributed by atoms with Gasteiger partial charge in [-0.05, 0) is 55.6 Å². The molecule has 2 aliphatic rings. The first-order valence-electron chi connectivity index (χ1n) is 11.8. The second kappa shape index (κ2) is 13.0. The van der Waals surface area contributed by atoms with Gasteiger partial charge in [0.25, 0.3) is 0 Å². The van der Waals surface area contributed by atoms with Gasteiger partial charge >= 0.3 is 0 Å². The van der Waals surface area contributed by atoms with Crippen molar-refractivity contribution in [2.24, 2.45) is 4.99 Å². The van der Waals surface area contributed by atoms with Crippen molar-refractivity contribution in [1.29, 1.82) is 0 Å². The Morgan fingerprint density at radius 1 is 1.06 bits per heavy atom. The van der Waals surface area contributed by atoms with E-state index in [9.17, 15) is 4.79 Å². The van der Waals surface area contributed by atoms with Crippen molar-refractivity contribution in [3.05, 3.63) is 59.5 Å². The van der Waals surface area contributed by atoms with Crippen LogP contribution in [0.5, 0.6) is 0 Å². The molecule has 1 amide bonds. The number of guanidine groups is 1. The smallest absolute Gasteiger partial charge is 0.223 e. The number of carbonyl (C=O) groups is 1. The van der Waals surface area contributed by atoms with Crippen LogP contribution in [0.1, 0.15) is 55.0 Å². The molecule has 33 heavy (non-hydrogen) atoms. The number of fused-ring (bicyclic) bond motifs is 1. The number of nitrogens with zero attached hydrogens (tertiary/aromatic N) is 3. The Morgan fingerprint density at radius 3 is 2.42 bits per heavy atom. The van der Waals surface area contributed by atoms with Gasteiger partial charge in [-0.2, -0.15) is 0 Å². The third kappa shape index (κ3) is 6.96. The predicted molar refractivity (Wildman–Crippen MR) is 142 cm³/mol. The highest BCUT2D eigenvalue weighted by Gasteiger charge is 2.25. The lowest BCUT2D eigenvalue weighted by atomic mass is 10.1. The van der Waals surface area contributed by atoms with Crippen LogP contribution in [0.3, 0.4) is 0 Å². The second-order valence-electron chi connectivity index (χ2n) is 8.63. The van der Waals surface area contributed by atoms with E-state index in [2.05, 4.69) is 38.7 Å². The van der Waals surface area contributed by atoms with Gasteiger partial charge in [0, 0.05) is 39.6 Å². The zero-order valence-electron chi connectivity index (χ0n) is 19.5. The monoisotopic (exact) mass is 565 g/mol. The third-order valence-corrected chi connectivity index (χ3v) is 6.44. The van der Waals surface area contributed by atoms with Crippen molar-refractivity contribution in [2.75, 3.05) is 33.2 Å². The van der Waals surface area contributed by atoms with E-state index in [0.717, 1.165) is 50.9 Å². The van der Waals surface area contributed by atoms with Gasteiger partial charge in [0.2, 0.25) is 5.91 Å². The molecule has 1 unspecified atom stereocenters. The molecule has 1 saturated heterocycles. The van der Waals surface area contributed by atoms with E-state index in [4.69, 9.17) is 4.42 Å². The molecule has 2 N–H and O–H groups in total. The number of nitrogens with one attached hydrogen (secondary N) is 2. The number of carbonyl (C=O) groups excluding carboxylic acids is 1. The van der Waals surface area contributed by atoms with Crippen molar-refractivity contribution in [2.45, 2.75) is 51.2 Å². The predicted octanol–water partition coefficient (Wildman–Crippen LogP) is 3.91. The molecule has 3 heterocycles. The average Bonchev–Trinajstić information content (AvgIpc) is 3.51. The summed E-state index contributed by atoms with van der Waals surface area (Å²) >= 11 is 0. The van der Waals surface area contributed by atoms with Crippen LogP contribution in [0.15, 0.2) is 52.1 Å². The molecule has 0 aliphatic carbocycles. The summed E-state index contributed by atoms with van der Waals surface area (Å²) in [4.78, 5) is 21.4. The molecular formula is C25H36IN5O2. The first kappa shape index (κ1) is 25.6. The Bertz CT molecular complexity index is 871. The molecule has 2 aromatic rings. The van der Waals surface area contributed by atoms with E-state index < -0.39 is 0 Å². The Kier molecular flexibility index (Phi) is 10.1. The van der Waals surface area contributed by atoms with Crippen molar-refractivity contribution >= 4 is 35.8 Å². The van der Waals surface area contributed by atoms with Gasteiger partial charge in [0.1, 0.15) is 5.76 Å². The summed E-state index contributed by atoms with van der Waals surface area (Å²) in [6, 6.07) is 12.5. The fraction of sp³-hybridized carbons (Fsp3) is 0.520. The summed E-state index contributed by atoms with van der Waals surface area (Å²) in [6.45, 7) is 5.11. The van der Waals surface area contributed by atoms with Crippen LogP contribution in [0.2, 0.25) is 0 Å².